The van der Waals surface area contributed by atoms with Crippen molar-refractivity contribution in [2.75, 3.05) is 34.2 Å². The Morgan fingerprint density at radius 3 is 2.73 bits per heavy atom. The van der Waals surface area contributed by atoms with Crippen LogP contribution in [0.4, 0.5) is 0 Å². The summed E-state index contributed by atoms with van der Waals surface area (Å²) in [5.74, 6) is -0.185. The molecule has 1 unspecified atom stereocenters. The van der Waals surface area contributed by atoms with Crippen molar-refractivity contribution in [2.45, 2.75) is 18.9 Å². The smallest absolute Gasteiger partial charge is 0.246 e. The van der Waals surface area contributed by atoms with Crippen LogP contribution in [-0.4, -0.2) is 61.9 Å². The first-order chi connectivity index (χ1) is 7.02. The standard InChI is InChI=1S/C10H19N3O2/c1-12(2)7-6-11-8-4-5-9(14)13(3)10(8)15/h8,11H,4-7H2,1-3H3. The zero-order valence-electron chi connectivity index (χ0n) is 9.62. The molecule has 1 N–H and O–H groups in total. The zero-order valence-corrected chi connectivity index (χ0v) is 9.62. The van der Waals surface area contributed by atoms with Gasteiger partial charge in [-0.1, -0.05) is 0 Å². The van der Waals surface area contributed by atoms with E-state index in [1.54, 1.807) is 7.05 Å². The maximum absolute atomic E-state index is 11.6. The lowest BCUT2D eigenvalue weighted by molar-refractivity contribution is -0.148. The number of piperidine rings is 1. The van der Waals surface area contributed by atoms with Gasteiger partial charge in [0.05, 0.1) is 6.04 Å². The molecule has 0 saturated carbocycles. The highest BCUT2D eigenvalue weighted by molar-refractivity contribution is 6.00. The number of carbonyl (C=O) groups is 2. The summed E-state index contributed by atoms with van der Waals surface area (Å²) in [6.45, 7) is 1.66. The van der Waals surface area contributed by atoms with Gasteiger partial charge in [0.25, 0.3) is 0 Å². The number of rotatable bonds is 4. The maximum Gasteiger partial charge on any atom is 0.246 e. The molecule has 1 fully saturated rings. The molecule has 1 saturated heterocycles. The highest BCUT2D eigenvalue weighted by Gasteiger charge is 2.30. The molecule has 1 aliphatic heterocycles. The summed E-state index contributed by atoms with van der Waals surface area (Å²) in [6.07, 6.45) is 1.08. The molecule has 1 heterocycles. The normalized spacial score (nSPS) is 22.7. The third-order valence-electron chi connectivity index (χ3n) is 2.60. The molecular formula is C10H19N3O2. The van der Waals surface area contributed by atoms with Gasteiger partial charge in [-0.2, -0.15) is 0 Å². The van der Waals surface area contributed by atoms with Crippen LogP contribution in [0.5, 0.6) is 0 Å². The van der Waals surface area contributed by atoms with E-state index in [0.717, 1.165) is 13.1 Å². The van der Waals surface area contributed by atoms with Gasteiger partial charge in [-0.3, -0.25) is 14.5 Å². The average molecular weight is 213 g/mol. The van der Waals surface area contributed by atoms with E-state index in [4.69, 9.17) is 0 Å². The minimum atomic E-state index is -0.187. The fraction of sp³-hybridized carbons (Fsp3) is 0.800. The molecule has 0 aromatic carbocycles. The zero-order chi connectivity index (χ0) is 11.4. The molecule has 86 valence electrons. The van der Waals surface area contributed by atoms with Crippen molar-refractivity contribution in [1.29, 1.82) is 0 Å². The lowest BCUT2D eigenvalue weighted by Crippen LogP contribution is -2.52. The second kappa shape index (κ2) is 5.23. The summed E-state index contributed by atoms with van der Waals surface area (Å²) in [6, 6.07) is -0.187. The predicted octanol–water partition coefficient (Wildman–Crippen LogP) is -0.715. The first-order valence-corrected chi connectivity index (χ1v) is 5.21. The van der Waals surface area contributed by atoms with Crippen LogP contribution in [-0.2, 0) is 9.59 Å². The number of amides is 2. The van der Waals surface area contributed by atoms with Crippen LogP contribution in [0.1, 0.15) is 12.8 Å². The first-order valence-electron chi connectivity index (χ1n) is 5.21. The van der Waals surface area contributed by atoms with Crippen molar-refractivity contribution >= 4 is 11.8 Å². The fourth-order valence-electron chi connectivity index (χ4n) is 1.57. The van der Waals surface area contributed by atoms with Crippen LogP contribution in [0.15, 0.2) is 0 Å². The molecule has 0 aromatic heterocycles. The fourth-order valence-corrected chi connectivity index (χ4v) is 1.57. The van der Waals surface area contributed by atoms with Crippen LogP contribution in [0, 0.1) is 0 Å². The average Bonchev–Trinajstić information content (AvgIpc) is 2.18. The van der Waals surface area contributed by atoms with Crippen LogP contribution >= 0.6 is 0 Å². The van der Waals surface area contributed by atoms with E-state index in [9.17, 15) is 9.59 Å². The van der Waals surface area contributed by atoms with Gasteiger partial charge in [0, 0.05) is 26.6 Å². The van der Waals surface area contributed by atoms with E-state index in [1.807, 2.05) is 14.1 Å². The largest absolute Gasteiger partial charge is 0.308 e. The Kier molecular flexibility index (Phi) is 4.23. The van der Waals surface area contributed by atoms with Crippen molar-refractivity contribution in [2.24, 2.45) is 0 Å². The van der Waals surface area contributed by atoms with Crippen LogP contribution in [0.2, 0.25) is 0 Å². The van der Waals surface area contributed by atoms with Crippen molar-refractivity contribution in [3.63, 3.8) is 0 Å². The monoisotopic (exact) mass is 213 g/mol. The van der Waals surface area contributed by atoms with Gasteiger partial charge in [-0.25, -0.2) is 0 Å². The van der Waals surface area contributed by atoms with Crippen molar-refractivity contribution in [3.8, 4) is 0 Å². The Hall–Kier alpha value is -0.940. The third-order valence-corrected chi connectivity index (χ3v) is 2.60. The van der Waals surface area contributed by atoms with Crippen LogP contribution < -0.4 is 5.32 Å². The highest BCUT2D eigenvalue weighted by Crippen LogP contribution is 2.10. The summed E-state index contributed by atoms with van der Waals surface area (Å²) in [5.41, 5.74) is 0. The number of carbonyl (C=O) groups excluding carboxylic acids is 2. The summed E-state index contributed by atoms with van der Waals surface area (Å²) in [7, 11) is 5.52. The second-order valence-electron chi connectivity index (χ2n) is 4.14. The second-order valence-corrected chi connectivity index (χ2v) is 4.14. The highest BCUT2D eigenvalue weighted by atomic mass is 16.2. The molecule has 5 nitrogen and oxygen atoms in total. The van der Waals surface area contributed by atoms with E-state index in [1.165, 1.54) is 4.90 Å². The molecule has 2 amide bonds. The van der Waals surface area contributed by atoms with Crippen molar-refractivity contribution in [1.82, 2.24) is 15.1 Å². The van der Waals surface area contributed by atoms with Gasteiger partial charge in [-0.05, 0) is 20.5 Å². The number of nitrogens with zero attached hydrogens (tertiary/aromatic N) is 2. The van der Waals surface area contributed by atoms with Gasteiger partial charge in [0.1, 0.15) is 0 Å². The number of hydrogen-bond donors (Lipinski definition) is 1. The summed E-state index contributed by atoms with van der Waals surface area (Å²) >= 11 is 0. The third kappa shape index (κ3) is 3.28. The Labute approximate surface area is 90.4 Å². The molecule has 0 aliphatic carbocycles. The van der Waals surface area contributed by atoms with Gasteiger partial charge in [0.2, 0.25) is 11.8 Å². The molecule has 15 heavy (non-hydrogen) atoms. The van der Waals surface area contributed by atoms with Crippen molar-refractivity contribution < 1.29 is 9.59 Å². The Morgan fingerprint density at radius 1 is 1.47 bits per heavy atom. The number of likely N-dealkylation sites (N-methyl/N-ethyl adjacent to an activating group) is 2. The van der Waals surface area contributed by atoms with Gasteiger partial charge >= 0.3 is 0 Å². The molecule has 1 aliphatic rings. The Morgan fingerprint density at radius 2 is 2.13 bits per heavy atom. The van der Waals surface area contributed by atoms with Gasteiger partial charge in [0.15, 0.2) is 0 Å². The number of nitrogens with one attached hydrogen (secondary N) is 1. The maximum atomic E-state index is 11.6. The van der Waals surface area contributed by atoms with E-state index >= 15 is 0 Å². The molecule has 0 spiro atoms. The Balaban J connectivity index is 2.36. The number of imide groups is 1. The molecule has 1 atom stereocenters. The van der Waals surface area contributed by atoms with Gasteiger partial charge < -0.3 is 10.2 Å². The number of hydrogen-bond acceptors (Lipinski definition) is 4. The van der Waals surface area contributed by atoms with Crippen LogP contribution in [0.3, 0.4) is 0 Å². The van der Waals surface area contributed by atoms with E-state index in [2.05, 4.69) is 10.2 Å². The lowest BCUT2D eigenvalue weighted by Gasteiger charge is -2.28. The first kappa shape index (κ1) is 12.1. The Bertz CT molecular complexity index is 253. The minimum Gasteiger partial charge on any atom is -0.308 e. The molecule has 0 radical (unpaired) electrons. The summed E-state index contributed by atoms with van der Waals surface area (Å²) < 4.78 is 0. The minimum absolute atomic E-state index is 0.0781. The molecular weight excluding hydrogens is 194 g/mol. The van der Waals surface area contributed by atoms with E-state index in [0.29, 0.717) is 12.8 Å². The quantitative estimate of drug-likeness (QED) is 0.627. The topological polar surface area (TPSA) is 52.7 Å². The molecule has 0 bridgehead atoms. The number of likely N-dealkylation sites (tertiary alicyclic amines) is 1. The summed E-state index contributed by atoms with van der Waals surface area (Å²) in [4.78, 5) is 26.1. The SMILES string of the molecule is CN(C)CCNC1CCC(=O)N(C)C1=O. The summed E-state index contributed by atoms with van der Waals surface area (Å²) in [5, 5.41) is 3.17. The van der Waals surface area contributed by atoms with Gasteiger partial charge in [-0.15, -0.1) is 0 Å². The van der Waals surface area contributed by atoms with E-state index in [-0.39, 0.29) is 17.9 Å². The molecule has 5 heteroatoms. The van der Waals surface area contributed by atoms with E-state index < -0.39 is 0 Å². The predicted molar refractivity (Wildman–Crippen MR) is 57.4 cm³/mol. The lowest BCUT2D eigenvalue weighted by atomic mass is 10.0. The van der Waals surface area contributed by atoms with Crippen LogP contribution in [0.25, 0.3) is 0 Å². The molecule has 0 aromatic rings. The van der Waals surface area contributed by atoms with Crippen molar-refractivity contribution in [3.05, 3.63) is 0 Å². The molecule has 1 rings (SSSR count).